The van der Waals surface area contributed by atoms with Crippen molar-refractivity contribution in [1.29, 1.82) is 0 Å². The molecule has 1 spiro atoms. The zero-order valence-corrected chi connectivity index (χ0v) is 14.2. The third kappa shape index (κ3) is 3.32. The van der Waals surface area contributed by atoms with Crippen LogP contribution in [0.2, 0.25) is 0 Å². The Hall–Kier alpha value is -2.18. The average Bonchev–Trinajstić information content (AvgIpc) is 3.34. The largest absolute Gasteiger partial charge is 0.370 e. The van der Waals surface area contributed by atoms with Crippen LogP contribution in [0.15, 0.2) is 42.9 Å². The summed E-state index contributed by atoms with van der Waals surface area (Å²) in [5, 5.41) is 0. The number of imidazole rings is 1. The van der Waals surface area contributed by atoms with Crippen LogP contribution in [0.4, 0.5) is 0 Å². The molecule has 4 rings (SSSR count). The van der Waals surface area contributed by atoms with Crippen molar-refractivity contribution in [1.82, 2.24) is 14.9 Å². The highest BCUT2D eigenvalue weighted by atomic mass is 16.6. The topological polar surface area (TPSA) is 67.5 Å². The van der Waals surface area contributed by atoms with E-state index in [-0.39, 0.29) is 17.6 Å². The number of benzene rings is 1. The Bertz CT molecular complexity index is 696. The molecule has 3 heterocycles. The summed E-state index contributed by atoms with van der Waals surface area (Å²) in [7, 11) is 0. The molecule has 2 atom stereocenters. The van der Waals surface area contributed by atoms with Crippen molar-refractivity contribution < 1.29 is 14.3 Å². The zero-order chi connectivity index (χ0) is 17.1. The highest BCUT2D eigenvalue weighted by molar-refractivity contribution is 5.92. The van der Waals surface area contributed by atoms with Gasteiger partial charge in [-0.05, 0) is 24.8 Å². The fourth-order valence-corrected chi connectivity index (χ4v) is 3.86. The molecule has 2 saturated heterocycles. The molecule has 6 nitrogen and oxygen atoms in total. The monoisotopic (exact) mass is 341 g/mol. The molecule has 1 amide bonds. The van der Waals surface area contributed by atoms with E-state index in [1.165, 1.54) is 6.33 Å². The van der Waals surface area contributed by atoms with Crippen LogP contribution in [0.1, 0.15) is 35.3 Å². The van der Waals surface area contributed by atoms with Crippen molar-refractivity contribution in [3.63, 3.8) is 0 Å². The lowest BCUT2D eigenvalue weighted by molar-refractivity contribution is -0.153. The molecule has 2 aliphatic rings. The van der Waals surface area contributed by atoms with Crippen LogP contribution in [-0.2, 0) is 16.1 Å². The predicted octanol–water partition coefficient (Wildman–Crippen LogP) is 2.39. The first-order chi connectivity index (χ1) is 12.3. The standard InChI is InChI=1S/C19H23N3O3/c23-18(16-11-20-14-21-16)22-9-7-17(19(13-22)8-4-10-25-19)24-12-15-5-2-1-3-6-15/h1-3,5-6,11,14,17H,4,7-10,12-13H2,(H,20,21)/t17-,19-/m0/s1. The molecule has 0 unspecified atom stereocenters. The van der Waals surface area contributed by atoms with E-state index < -0.39 is 0 Å². The quantitative estimate of drug-likeness (QED) is 0.927. The third-order valence-electron chi connectivity index (χ3n) is 5.15. The van der Waals surface area contributed by atoms with Crippen molar-refractivity contribution in [2.75, 3.05) is 19.7 Å². The molecule has 25 heavy (non-hydrogen) atoms. The van der Waals surface area contributed by atoms with Gasteiger partial charge in [0.2, 0.25) is 0 Å². The van der Waals surface area contributed by atoms with Crippen molar-refractivity contribution in [2.24, 2.45) is 0 Å². The van der Waals surface area contributed by atoms with E-state index in [0.717, 1.165) is 31.4 Å². The van der Waals surface area contributed by atoms with Gasteiger partial charge in [0.25, 0.3) is 5.91 Å². The lowest BCUT2D eigenvalue weighted by Gasteiger charge is -2.45. The normalized spacial score (nSPS) is 26.2. The number of aromatic amines is 1. The average molecular weight is 341 g/mol. The molecule has 0 aliphatic carbocycles. The van der Waals surface area contributed by atoms with E-state index >= 15 is 0 Å². The maximum atomic E-state index is 12.6. The van der Waals surface area contributed by atoms with Crippen LogP contribution >= 0.6 is 0 Å². The molecular formula is C19H23N3O3. The lowest BCUT2D eigenvalue weighted by atomic mass is 9.86. The lowest BCUT2D eigenvalue weighted by Crippen LogP contribution is -2.58. The minimum Gasteiger partial charge on any atom is -0.370 e. The molecule has 132 valence electrons. The zero-order valence-electron chi connectivity index (χ0n) is 14.2. The van der Waals surface area contributed by atoms with Gasteiger partial charge in [0.1, 0.15) is 11.3 Å². The molecule has 2 aromatic rings. The van der Waals surface area contributed by atoms with E-state index in [4.69, 9.17) is 9.47 Å². The number of piperidine rings is 1. The number of nitrogens with one attached hydrogen (secondary N) is 1. The van der Waals surface area contributed by atoms with E-state index in [9.17, 15) is 4.79 Å². The van der Waals surface area contributed by atoms with Gasteiger partial charge >= 0.3 is 0 Å². The Labute approximate surface area is 147 Å². The van der Waals surface area contributed by atoms with Gasteiger partial charge in [0.05, 0.1) is 31.8 Å². The van der Waals surface area contributed by atoms with Crippen molar-refractivity contribution in [2.45, 2.75) is 37.6 Å². The van der Waals surface area contributed by atoms with E-state index in [1.54, 1.807) is 6.20 Å². The molecule has 1 aromatic carbocycles. The van der Waals surface area contributed by atoms with Gasteiger partial charge in [0, 0.05) is 13.2 Å². The first-order valence-electron chi connectivity index (χ1n) is 8.84. The number of rotatable bonds is 4. The Morgan fingerprint density at radius 3 is 3.00 bits per heavy atom. The minimum absolute atomic E-state index is 0.0148. The molecule has 0 bridgehead atoms. The second-order valence-corrected chi connectivity index (χ2v) is 6.78. The predicted molar refractivity (Wildman–Crippen MR) is 92.0 cm³/mol. The van der Waals surface area contributed by atoms with E-state index in [0.29, 0.717) is 25.4 Å². The molecule has 0 radical (unpaired) electrons. The number of amides is 1. The van der Waals surface area contributed by atoms with Gasteiger partial charge in [-0.2, -0.15) is 0 Å². The van der Waals surface area contributed by atoms with Crippen molar-refractivity contribution >= 4 is 5.91 Å². The second kappa shape index (κ2) is 6.98. The summed E-state index contributed by atoms with van der Waals surface area (Å²) in [6.45, 7) is 2.55. The van der Waals surface area contributed by atoms with Crippen molar-refractivity contribution in [3.05, 3.63) is 54.1 Å². The number of aromatic nitrogens is 2. The van der Waals surface area contributed by atoms with Crippen LogP contribution < -0.4 is 0 Å². The van der Waals surface area contributed by atoms with Crippen LogP contribution in [0.5, 0.6) is 0 Å². The smallest absolute Gasteiger partial charge is 0.272 e. The van der Waals surface area contributed by atoms with Gasteiger partial charge in [-0.25, -0.2) is 4.98 Å². The molecule has 6 heteroatoms. The summed E-state index contributed by atoms with van der Waals surface area (Å²) >= 11 is 0. The van der Waals surface area contributed by atoms with Crippen LogP contribution in [0, 0.1) is 0 Å². The fourth-order valence-electron chi connectivity index (χ4n) is 3.86. The number of ether oxygens (including phenoxy) is 2. The summed E-state index contributed by atoms with van der Waals surface area (Å²) in [6, 6.07) is 10.2. The number of H-pyrrole nitrogens is 1. The highest BCUT2D eigenvalue weighted by Gasteiger charge is 2.48. The summed E-state index contributed by atoms with van der Waals surface area (Å²) in [4.78, 5) is 21.4. The van der Waals surface area contributed by atoms with Crippen LogP contribution in [-0.4, -0.2) is 52.2 Å². The molecule has 1 N–H and O–H groups in total. The second-order valence-electron chi connectivity index (χ2n) is 6.78. The Balaban J connectivity index is 1.46. The van der Waals surface area contributed by atoms with Gasteiger partial charge in [0.15, 0.2) is 0 Å². The van der Waals surface area contributed by atoms with Gasteiger partial charge in [-0.15, -0.1) is 0 Å². The molecule has 2 aliphatic heterocycles. The van der Waals surface area contributed by atoms with Gasteiger partial charge in [-0.3, -0.25) is 4.79 Å². The SMILES string of the molecule is O=C(c1cnc[nH]1)N1CC[C@H](OCc2ccccc2)[C@]2(CCCO2)C1. The fraction of sp³-hybridized carbons (Fsp3) is 0.474. The summed E-state index contributed by atoms with van der Waals surface area (Å²) in [5.74, 6) is -0.0196. The number of nitrogens with zero attached hydrogens (tertiary/aromatic N) is 2. The number of carbonyl (C=O) groups is 1. The molecular weight excluding hydrogens is 318 g/mol. The Morgan fingerprint density at radius 2 is 2.28 bits per heavy atom. The molecule has 0 saturated carbocycles. The number of hydrogen-bond donors (Lipinski definition) is 1. The van der Waals surface area contributed by atoms with Gasteiger partial charge < -0.3 is 19.4 Å². The molecule has 1 aromatic heterocycles. The minimum atomic E-state index is -0.386. The first kappa shape index (κ1) is 16.3. The Kier molecular flexibility index (Phi) is 4.55. The summed E-state index contributed by atoms with van der Waals surface area (Å²) in [5.41, 5.74) is 1.30. The van der Waals surface area contributed by atoms with E-state index in [1.807, 2.05) is 23.1 Å². The van der Waals surface area contributed by atoms with E-state index in [2.05, 4.69) is 22.1 Å². The summed E-state index contributed by atoms with van der Waals surface area (Å²) in [6.07, 6.45) is 5.84. The third-order valence-corrected chi connectivity index (χ3v) is 5.15. The number of likely N-dealkylation sites (tertiary alicyclic amines) is 1. The first-order valence-corrected chi connectivity index (χ1v) is 8.84. The van der Waals surface area contributed by atoms with Gasteiger partial charge in [-0.1, -0.05) is 30.3 Å². The van der Waals surface area contributed by atoms with Crippen LogP contribution in [0.3, 0.4) is 0 Å². The maximum absolute atomic E-state index is 12.6. The molecule has 2 fully saturated rings. The van der Waals surface area contributed by atoms with Crippen LogP contribution in [0.25, 0.3) is 0 Å². The maximum Gasteiger partial charge on any atom is 0.272 e. The Morgan fingerprint density at radius 1 is 1.40 bits per heavy atom. The van der Waals surface area contributed by atoms with Crippen molar-refractivity contribution in [3.8, 4) is 0 Å². The number of hydrogen-bond acceptors (Lipinski definition) is 4. The summed E-state index contributed by atoms with van der Waals surface area (Å²) < 4.78 is 12.4. The highest BCUT2D eigenvalue weighted by Crippen LogP contribution is 2.37. The number of carbonyl (C=O) groups excluding carboxylic acids is 1.